The van der Waals surface area contributed by atoms with Crippen molar-refractivity contribution in [1.82, 2.24) is 29.1 Å². The van der Waals surface area contributed by atoms with Crippen molar-refractivity contribution in [3.63, 3.8) is 0 Å². The first-order chi connectivity index (χ1) is 30.7. The maximum absolute atomic E-state index is 5.19. The number of hydrogen-bond donors (Lipinski definition) is 0. The molecule has 6 nitrogen and oxygen atoms in total. The van der Waals surface area contributed by atoms with Gasteiger partial charge in [0.25, 0.3) is 0 Å². The molecule has 8 aromatic carbocycles. The lowest BCUT2D eigenvalue weighted by Crippen LogP contribution is -2.06. The fraction of sp³-hybridized carbons (Fsp3) is 0. The molecule has 0 atom stereocenters. The van der Waals surface area contributed by atoms with Gasteiger partial charge in [-0.05, 0) is 59.7 Å². The normalized spacial score (nSPS) is 11.5. The maximum Gasteiger partial charge on any atom is 0.238 e. The molecule has 0 radical (unpaired) electrons. The SMILES string of the molecule is c1ccc(-c2ccc(-c3cccc(-c4cccc(-n5c6ccccc6c6cc7c(cc65)c5ccccc5n7-c5nc(-c6ccccc6)nc(-c6ccccc6)n5)c4)n3)cc2)cc1. The molecule has 0 aliphatic heterocycles. The molecule has 290 valence electrons. The van der Waals surface area contributed by atoms with Crippen LogP contribution in [0, 0.1) is 0 Å². The summed E-state index contributed by atoms with van der Waals surface area (Å²) in [5.41, 5.74) is 13.6. The van der Waals surface area contributed by atoms with E-state index >= 15 is 0 Å². The molecule has 62 heavy (non-hydrogen) atoms. The minimum atomic E-state index is 0.571. The second kappa shape index (κ2) is 14.7. The Labute approximate surface area is 357 Å². The molecule has 0 saturated carbocycles. The zero-order chi connectivity index (χ0) is 41.0. The van der Waals surface area contributed by atoms with E-state index < -0.39 is 0 Å². The summed E-state index contributed by atoms with van der Waals surface area (Å²) in [5, 5.41) is 4.54. The molecule has 12 rings (SSSR count). The van der Waals surface area contributed by atoms with Crippen molar-refractivity contribution in [3.8, 4) is 68.1 Å². The van der Waals surface area contributed by atoms with Crippen molar-refractivity contribution in [1.29, 1.82) is 0 Å². The summed E-state index contributed by atoms with van der Waals surface area (Å²) >= 11 is 0. The quantitative estimate of drug-likeness (QED) is 0.161. The molecular weight excluding hydrogens is 757 g/mol. The lowest BCUT2D eigenvalue weighted by molar-refractivity contribution is 0.954. The highest BCUT2D eigenvalue weighted by Crippen LogP contribution is 2.40. The number of fused-ring (bicyclic) bond motifs is 6. The zero-order valence-corrected chi connectivity index (χ0v) is 33.5. The van der Waals surface area contributed by atoms with Gasteiger partial charge in [0.1, 0.15) is 0 Å². The number of rotatable bonds is 7. The van der Waals surface area contributed by atoms with Gasteiger partial charge >= 0.3 is 0 Å². The van der Waals surface area contributed by atoms with Gasteiger partial charge in [-0.3, -0.25) is 4.57 Å². The van der Waals surface area contributed by atoms with Crippen LogP contribution in [0.25, 0.3) is 112 Å². The first kappa shape index (κ1) is 35.5. The van der Waals surface area contributed by atoms with Crippen molar-refractivity contribution in [2.75, 3.05) is 0 Å². The molecule has 0 aliphatic carbocycles. The van der Waals surface area contributed by atoms with Crippen LogP contribution in [-0.2, 0) is 0 Å². The molecule has 0 fully saturated rings. The summed E-state index contributed by atoms with van der Waals surface area (Å²) in [6.07, 6.45) is 0. The first-order valence-electron chi connectivity index (χ1n) is 20.8. The van der Waals surface area contributed by atoms with Crippen LogP contribution in [0.4, 0.5) is 0 Å². The van der Waals surface area contributed by atoms with Gasteiger partial charge in [-0.2, -0.15) is 9.97 Å². The summed E-state index contributed by atoms with van der Waals surface area (Å²) in [5.74, 6) is 1.82. The molecule has 4 heterocycles. The van der Waals surface area contributed by atoms with E-state index in [2.05, 4.69) is 161 Å². The van der Waals surface area contributed by atoms with Gasteiger partial charge in [0.05, 0.1) is 33.5 Å². The lowest BCUT2D eigenvalue weighted by atomic mass is 10.0. The van der Waals surface area contributed by atoms with Crippen molar-refractivity contribution >= 4 is 43.6 Å². The molecule has 0 N–H and O–H groups in total. The highest BCUT2D eigenvalue weighted by molar-refractivity contribution is 6.19. The van der Waals surface area contributed by atoms with E-state index in [0.29, 0.717) is 17.6 Å². The van der Waals surface area contributed by atoms with Gasteiger partial charge in [0, 0.05) is 49.5 Å². The second-order valence-corrected chi connectivity index (χ2v) is 15.5. The Kier molecular flexibility index (Phi) is 8.38. The molecule has 12 aromatic rings. The molecule has 0 aliphatic rings. The minimum Gasteiger partial charge on any atom is -0.309 e. The monoisotopic (exact) mass is 792 g/mol. The summed E-state index contributed by atoms with van der Waals surface area (Å²) in [6.45, 7) is 0. The summed E-state index contributed by atoms with van der Waals surface area (Å²) in [7, 11) is 0. The van der Waals surface area contributed by atoms with Gasteiger partial charge < -0.3 is 4.57 Å². The Balaban J connectivity index is 1.02. The Morgan fingerprint density at radius 1 is 0.258 bits per heavy atom. The van der Waals surface area contributed by atoms with E-state index in [1.807, 2.05) is 66.7 Å². The molecule has 0 spiro atoms. The Bertz CT molecular complexity index is 3550. The van der Waals surface area contributed by atoms with Crippen molar-refractivity contribution in [3.05, 3.63) is 218 Å². The van der Waals surface area contributed by atoms with E-state index in [0.717, 1.165) is 82.9 Å². The number of aromatic nitrogens is 6. The number of para-hydroxylation sites is 2. The first-order valence-corrected chi connectivity index (χ1v) is 20.8. The Hall–Kier alpha value is -8.48. The van der Waals surface area contributed by atoms with Gasteiger partial charge in [-0.25, -0.2) is 9.97 Å². The largest absolute Gasteiger partial charge is 0.309 e. The third kappa shape index (κ3) is 6.04. The van der Waals surface area contributed by atoms with E-state index in [1.165, 1.54) is 11.1 Å². The van der Waals surface area contributed by atoms with Gasteiger partial charge in [0.15, 0.2) is 11.6 Å². The van der Waals surface area contributed by atoms with Crippen LogP contribution in [0.3, 0.4) is 0 Å². The average molecular weight is 793 g/mol. The highest BCUT2D eigenvalue weighted by Gasteiger charge is 2.21. The van der Waals surface area contributed by atoms with Crippen LogP contribution >= 0.6 is 0 Å². The minimum absolute atomic E-state index is 0.571. The third-order valence-corrected chi connectivity index (χ3v) is 11.8. The van der Waals surface area contributed by atoms with Gasteiger partial charge in [0.2, 0.25) is 5.95 Å². The Morgan fingerprint density at radius 3 is 1.32 bits per heavy atom. The molecular formula is C56H36N6. The van der Waals surface area contributed by atoms with E-state index in [1.54, 1.807) is 0 Å². The van der Waals surface area contributed by atoms with E-state index in [4.69, 9.17) is 19.9 Å². The smallest absolute Gasteiger partial charge is 0.238 e. The number of nitrogens with zero attached hydrogens (tertiary/aromatic N) is 6. The molecule has 0 amide bonds. The van der Waals surface area contributed by atoms with Crippen molar-refractivity contribution in [2.24, 2.45) is 0 Å². The summed E-state index contributed by atoms with van der Waals surface area (Å²) in [4.78, 5) is 20.5. The molecule has 0 bridgehead atoms. The van der Waals surface area contributed by atoms with Crippen LogP contribution in [0.5, 0.6) is 0 Å². The average Bonchev–Trinajstić information content (AvgIpc) is 3.86. The lowest BCUT2D eigenvalue weighted by Gasteiger charge is -2.12. The van der Waals surface area contributed by atoms with Crippen LogP contribution < -0.4 is 0 Å². The van der Waals surface area contributed by atoms with Gasteiger partial charge in [-0.1, -0.05) is 170 Å². The van der Waals surface area contributed by atoms with Crippen LogP contribution in [0.1, 0.15) is 0 Å². The van der Waals surface area contributed by atoms with Crippen LogP contribution in [0.15, 0.2) is 218 Å². The highest BCUT2D eigenvalue weighted by atomic mass is 15.2. The number of hydrogen-bond acceptors (Lipinski definition) is 4. The van der Waals surface area contributed by atoms with Crippen molar-refractivity contribution in [2.45, 2.75) is 0 Å². The van der Waals surface area contributed by atoms with Crippen molar-refractivity contribution < 1.29 is 0 Å². The second-order valence-electron chi connectivity index (χ2n) is 15.5. The van der Waals surface area contributed by atoms with E-state index in [9.17, 15) is 0 Å². The third-order valence-electron chi connectivity index (χ3n) is 11.8. The number of pyridine rings is 1. The van der Waals surface area contributed by atoms with Crippen LogP contribution in [-0.4, -0.2) is 29.1 Å². The molecule has 0 unspecified atom stereocenters. The van der Waals surface area contributed by atoms with Gasteiger partial charge in [-0.15, -0.1) is 0 Å². The van der Waals surface area contributed by atoms with E-state index in [-0.39, 0.29) is 0 Å². The fourth-order valence-corrected chi connectivity index (χ4v) is 8.85. The molecule has 6 heteroatoms. The zero-order valence-electron chi connectivity index (χ0n) is 33.5. The van der Waals surface area contributed by atoms with Crippen LogP contribution in [0.2, 0.25) is 0 Å². The standard InChI is InChI=1S/C56H36N6/c1-4-16-37(17-5-1)38-30-32-39(33-31-38)48-26-15-27-49(57-48)42-22-14-23-43(34-42)61-50-28-12-10-24-44(50)46-36-53-47(35-52(46)61)45-25-11-13-29-51(45)62(53)56-59-54(40-18-6-2-7-19-40)58-55(60-56)41-20-8-3-9-21-41/h1-36H. The summed E-state index contributed by atoms with van der Waals surface area (Å²) < 4.78 is 4.58. The maximum atomic E-state index is 5.19. The fourth-order valence-electron chi connectivity index (χ4n) is 8.85. The number of benzene rings is 8. The topological polar surface area (TPSA) is 61.4 Å². The molecule has 4 aromatic heterocycles. The summed E-state index contributed by atoms with van der Waals surface area (Å²) in [6, 6.07) is 76.3. The predicted molar refractivity (Wildman–Crippen MR) is 253 cm³/mol. The Morgan fingerprint density at radius 2 is 0.710 bits per heavy atom. The molecule has 0 saturated heterocycles. The predicted octanol–water partition coefficient (Wildman–Crippen LogP) is 13.8.